The molecule has 1 aliphatic carbocycles. The Labute approximate surface area is 132 Å². The largest absolute Gasteiger partial charge is 0.378 e. The Morgan fingerprint density at radius 1 is 1.33 bits per heavy atom. The number of aromatic nitrogens is 2. The van der Waals surface area contributed by atoms with Crippen LogP contribution in [0.25, 0.3) is 0 Å². The first kappa shape index (κ1) is 16.3. The van der Waals surface area contributed by atoms with Gasteiger partial charge in [0.2, 0.25) is 0 Å². The molecule has 0 aromatic carbocycles. The van der Waals surface area contributed by atoms with Crippen molar-refractivity contribution in [1.82, 2.24) is 20.2 Å². The molecule has 2 atom stereocenters. The minimum Gasteiger partial charge on any atom is -0.378 e. The van der Waals surface area contributed by atoms with Crippen LogP contribution in [0.5, 0.6) is 0 Å². The Kier molecular flexibility index (Phi) is 6.02. The van der Waals surface area contributed by atoms with Crippen LogP contribution >= 0.6 is 12.2 Å². The maximum atomic E-state index is 5.55. The Morgan fingerprint density at radius 3 is 2.76 bits per heavy atom. The Bertz CT molecular complexity index is 480. The molecule has 6 heteroatoms. The lowest BCUT2D eigenvalue weighted by Gasteiger charge is -2.37. The summed E-state index contributed by atoms with van der Waals surface area (Å²) in [6, 6.07) is 0.887. The van der Waals surface area contributed by atoms with Gasteiger partial charge in [0.15, 0.2) is 0 Å². The van der Waals surface area contributed by atoms with Gasteiger partial charge >= 0.3 is 0 Å². The van der Waals surface area contributed by atoms with Gasteiger partial charge in [-0.15, -0.1) is 0 Å². The van der Waals surface area contributed by atoms with Crippen molar-refractivity contribution in [2.75, 3.05) is 21.2 Å². The van der Waals surface area contributed by atoms with E-state index in [0.29, 0.717) is 23.7 Å². The van der Waals surface area contributed by atoms with E-state index in [-0.39, 0.29) is 0 Å². The Hall–Kier alpha value is -1.11. The molecule has 21 heavy (non-hydrogen) atoms. The van der Waals surface area contributed by atoms with E-state index in [1.165, 1.54) is 19.3 Å². The zero-order chi connectivity index (χ0) is 15.2. The van der Waals surface area contributed by atoms with Crippen molar-refractivity contribution >= 4 is 17.2 Å². The fraction of sp³-hybridized carbons (Fsp3) is 0.667. The van der Waals surface area contributed by atoms with Crippen molar-refractivity contribution in [1.29, 1.82) is 0 Å². The van der Waals surface area contributed by atoms with Gasteiger partial charge in [0.25, 0.3) is 0 Å². The monoisotopic (exact) mass is 308 g/mol. The second kappa shape index (κ2) is 7.77. The Morgan fingerprint density at radius 2 is 2.05 bits per heavy atom. The quantitative estimate of drug-likeness (QED) is 0.837. The second-order valence-electron chi connectivity index (χ2n) is 5.68. The van der Waals surface area contributed by atoms with Gasteiger partial charge in [-0.3, -0.25) is 9.97 Å². The molecule has 2 unspecified atom stereocenters. The first-order valence-corrected chi connectivity index (χ1v) is 7.80. The van der Waals surface area contributed by atoms with Crippen molar-refractivity contribution in [2.24, 2.45) is 0 Å². The molecule has 116 valence electrons. The first-order chi connectivity index (χ1) is 10.1. The summed E-state index contributed by atoms with van der Waals surface area (Å²) in [5.74, 6) is 0. The van der Waals surface area contributed by atoms with Crippen LogP contribution in [0.15, 0.2) is 12.4 Å². The molecule has 1 heterocycles. The summed E-state index contributed by atoms with van der Waals surface area (Å²) in [6.07, 6.45) is 8.22. The zero-order valence-corrected chi connectivity index (χ0v) is 13.8. The summed E-state index contributed by atoms with van der Waals surface area (Å²) in [6.45, 7) is 0.423. The van der Waals surface area contributed by atoms with Crippen LogP contribution in [0, 0.1) is 0 Å². The molecular weight excluding hydrogens is 284 g/mol. The number of ether oxygens (including phenoxy) is 1. The molecule has 1 fully saturated rings. The molecule has 0 bridgehead atoms. The minimum absolute atomic E-state index is 0.374. The molecule has 0 amide bonds. The number of likely N-dealkylation sites (N-methyl/N-ethyl adjacent to an activating group) is 1. The molecule has 1 aromatic heterocycles. The molecule has 1 aromatic rings. The number of nitrogens with one attached hydrogen (secondary N) is 1. The van der Waals surface area contributed by atoms with Crippen molar-refractivity contribution in [2.45, 2.75) is 44.4 Å². The summed E-state index contributed by atoms with van der Waals surface area (Å²) >= 11 is 5.55. The number of rotatable bonds is 5. The average Bonchev–Trinajstić information content (AvgIpc) is 2.48. The van der Waals surface area contributed by atoms with E-state index in [4.69, 9.17) is 17.0 Å². The molecular formula is C15H24N4OS. The van der Waals surface area contributed by atoms with E-state index in [9.17, 15) is 0 Å². The van der Waals surface area contributed by atoms with Gasteiger partial charge in [-0.25, -0.2) is 0 Å². The zero-order valence-electron chi connectivity index (χ0n) is 13.0. The van der Waals surface area contributed by atoms with Crippen LogP contribution in [0.4, 0.5) is 0 Å². The molecule has 2 rings (SSSR count). The van der Waals surface area contributed by atoms with Gasteiger partial charge in [0.1, 0.15) is 10.7 Å². The smallest absolute Gasteiger partial charge is 0.127 e. The van der Waals surface area contributed by atoms with Crippen molar-refractivity contribution in [3.05, 3.63) is 23.8 Å². The third kappa shape index (κ3) is 4.18. The van der Waals surface area contributed by atoms with E-state index in [0.717, 1.165) is 17.8 Å². The van der Waals surface area contributed by atoms with Crippen molar-refractivity contribution in [3.8, 4) is 0 Å². The van der Waals surface area contributed by atoms with Crippen LogP contribution in [-0.4, -0.2) is 53.1 Å². The van der Waals surface area contributed by atoms with Crippen LogP contribution in [0.1, 0.15) is 37.1 Å². The third-order valence-corrected chi connectivity index (χ3v) is 4.29. The molecule has 1 saturated carbocycles. The predicted octanol–water partition coefficient (Wildman–Crippen LogP) is 1.76. The minimum atomic E-state index is 0.374. The number of nitrogens with zero attached hydrogens (tertiary/aromatic N) is 3. The summed E-state index contributed by atoms with van der Waals surface area (Å²) < 4.78 is 5.17. The van der Waals surface area contributed by atoms with Crippen molar-refractivity contribution < 1.29 is 4.74 Å². The van der Waals surface area contributed by atoms with Crippen LogP contribution < -0.4 is 5.32 Å². The molecule has 0 saturated heterocycles. The lowest BCUT2D eigenvalue weighted by atomic mass is 9.89. The van der Waals surface area contributed by atoms with Crippen molar-refractivity contribution in [3.63, 3.8) is 0 Å². The van der Waals surface area contributed by atoms with E-state index >= 15 is 0 Å². The number of hydrogen-bond donors (Lipinski definition) is 1. The summed E-state index contributed by atoms with van der Waals surface area (Å²) in [5, 5.41) is 3.50. The van der Waals surface area contributed by atoms with Gasteiger partial charge in [-0.2, -0.15) is 0 Å². The van der Waals surface area contributed by atoms with Crippen LogP contribution in [-0.2, 0) is 11.3 Å². The van der Waals surface area contributed by atoms with E-state index < -0.39 is 0 Å². The van der Waals surface area contributed by atoms with Gasteiger partial charge < -0.3 is 15.0 Å². The van der Waals surface area contributed by atoms with E-state index in [2.05, 4.69) is 34.3 Å². The second-order valence-corrected chi connectivity index (χ2v) is 6.09. The van der Waals surface area contributed by atoms with Gasteiger partial charge in [0.05, 0.1) is 12.3 Å². The van der Waals surface area contributed by atoms with Gasteiger partial charge in [-0.1, -0.05) is 25.1 Å². The fourth-order valence-corrected chi connectivity index (χ4v) is 3.26. The SMILES string of the molecule is COCc1nccnc1C(=S)NC1CCCCC1N(C)C. The fourth-order valence-electron chi connectivity index (χ4n) is 2.93. The lowest BCUT2D eigenvalue weighted by molar-refractivity contribution is 0.180. The molecule has 5 nitrogen and oxygen atoms in total. The number of thiocarbonyl (C=S) groups is 1. The van der Waals surface area contributed by atoms with Gasteiger partial charge in [0, 0.05) is 31.6 Å². The maximum Gasteiger partial charge on any atom is 0.127 e. The number of hydrogen-bond acceptors (Lipinski definition) is 5. The molecule has 0 radical (unpaired) electrons. The summed E-state index contributed by atoms with van der Waals surface area (Å²) in [5.41, 5.74) is 1.52. The van der Waals surface area contributed by atoms with Gasteiger partial charge in [-0.05, 0) is 26.9 Å². The summed E-state index contributed by atoms with van der Waals surface area (Å²) in [7, 11) is 5.91. The van der Waals surface area contributed by atoms with E-state index in [1.54, 1.807) is 19.5 Å². The predicted molar refractivity (Wildman–Crippen MR) is 87.3 cm³/mol. The topological polar surface area (TPSA) is 50.3 Å². The molecule has 0 spiro atoms. The molecule has 1 aliphatic rings. The van der Waals surface area contributed by atoms with Crippen LogP contribution in [0.3, 0.4) is 0 Å². The maximum absolute atomic E-state index is 5.55. The summed E-state index contributed by atoms with van der Waals surface area (Å²) in [4.78, 5) is 11.6. The lowest BCUT2D eigenvalue weighted by Crippen LogP contribution is -2.51. The first-order valence-electron chi connectivity index (χ1n) is 7.39. The van der Waals surface area contributed by atoms with Crippen LogP contribution in [0.2, 0.25) is 0 Å². The Balaban J connectivity index is 2.09. The highest BCUT2D eigenvalue weighted by atomic mass is 32.1. The highest BCUT2D eigenvalue weighted by Crippen LogP contribution is 2.22. The highest BCUT2D eigenvalue weighted by molar-refractivity contribution is 7.80. The molecule has 0 aliphatic heterocycles. The number of methoxy groups -OCH3 is 1. The molecule has 1 N–H and O–H groups in total. The third-order valence-electron chi connectivity index (χ3n) is 3.98. The standard InChI is InChI=1S/C15H24N4OS/c1-19(2)13-7-5-4-6-11(13)18-15(21)14-12(10-20-3)16-8-9-17-14/h8-9,11,13H,4-7,10H2,1-3H3,(H,18,21). The average molecular weight is 308 g/mol. The van der Waals surface area contributed by atoms with E-state index in [1.807, 2.05) is 0 Å². The highest BCUT2D eigenvalue weighted by Gasteiger charge is 2.28. The normalized spacial score (nSPS) is 22.3.